The van der Waals surface area contributed by atoms with Crippen LogP contribution in [-0.2, 0) is 14.3 Å². The summed E-state index contributed by atoms with van der Waals surface area (Å²) in [4.78, 5) is 11.1. The molecule has 2 unspecified atom stereocenters. The molecule has 0 saturated carbocycles. The molecule has 1 rings (SSSR count). The molecule has 0 aromatic rings. The zero-order chi connectivity index (χ0) is 12.0. The number of carboxylic acid groups (broad SMARTS) is 1. The number of carbonyl (C=O) groups is 1. The number of ether oxygens (including phenoxy) is 2. The Morgan fingerprint density at radius 1 is 1.69 bits per heavy atom. The number of hydrogen-bond acceptors (Lipinski definition) is 4. The van der Waals surface area contributed by atoms with E-state index in [0.29, 0.717) is 13.2 Å². The van der Waals surface area contributed by atoms with Crippen LogP contribution in [0.5, 0.6) is 0 Å². The number of carboxylic acids is 1. The van der Waals surface area contributed by atoms with Crippen molar-refractivity contribution in [2.45, 2.75) is 38.3 Å². The van der Waals surface area contributed by atoms with Crippen molar-refractivity contribution in [3.8, 4) is 0 Å². The van der Waals surface area contributed by atoms with E-state index in [-0.39, 0.29) is 12.7 Å². The Labute approximate surface area is 96.1 Å². The zero-order valence-corrected chi connectivity index (χ0v) is 9.99. The third-order valence-corrected chi connectivity index (χ3v) is 2.76. The molecule has 2 atom stereocenters. The van der Waals surface area contributed by atoms with Gasteiger partial charge < -0.3 is 19.9 Å². The fraction of sp³-hybridized carbons (Fsp3) is 0.909. The third-order valence-electron chi connectivity index (χ3n) is 2.76. The van der Waals surface area contributed by atoms with Crippen molar-refractivity contribution >= 4 is 5.97 Å². The highest BCUT2D eigenvalue weighted by atomic mass is 16.5. The second kappa shape index (κ2) is 6.18. The number of rotatable bonds is 7. The first-order valence-corrected chi connectivity index (χ1v) is 5.76. The van der Waals surface area contributed by atoms with Gasteiger partial charge in [0, 0.05) is 6.61 Å². The first-order valence-electron chi connectivity index (χ1n) is 5.76. The predicted molar refractivity (Wildman–Crippen MR) is 59.5 cm³/mol. The lowest BCUT2D eigenvalue weighted by molar-refractivity contribution is -0.147. The van der Waals surface area contributed by atoms with Gasteiger partial charge in [-0.05, 0) is 26.3 Å². The molecule has 16 heavy (non-hydrogen) atoms. The Hall–Kier alpha value is -0.650. The van der Waals surface area contributed by atoms with Gasteiger partial charge in [-0.1, -0.05) is 6.92 Å². The van der Waals surface area contributed by atoms with Crippen LogP contribution in [0.4, 0.5) is 0 Å². The van der Waals surface area contributed by atoms with Crippen molar-refractivity contribution in [1.82, 2.24) is 5.32 Å². The molecule has 5 nitrogen and oxygen atoms in total. The van der Waals surface area contributed by atoms with Gasteiger partial charge in [0.05, 0.1) is 19.3 Å². The maximum absolute atomic E-state index is 11.1. The van der Waals surface area contributed by atoms with E-state index in [1.54, 1.807) is 6.92 Å². The number of nitrogens with one attached hydrogen (secondary N) is 1. The van der Waals surface area contributed by atoms with Gasteiger partial charge in [-0.25, -0.2) is 0 Å². The molecule has 0 spiro atoms. The van der Waals surface area contributed by atoms with E-state index in [4.69, 9.17) is 14.6 Å². The summed E-state index contributed by atoms with van der Waals surface area (Å²) < 4.78 is 10.8. The minimum Gasteiger partial charge on any atom is -0.480 e. The Morgan fingerprint density at radius 3 is 2.94 bits per heavy atom. The summed E-state index contributed by atoms with van der Waals surface area (Å²) in [5, 5.41) is 12.0. The molecular weight excluding hydrogens is 210 g/mol. The van der Waals surface area contributed by atoms with Gasteiger partial charge in [0.2, 0.25) is 0 Å². The predicted octanol–water partition coefficient (Wildman–Crippen LogP) is 0.635. The summed E-state index contributed by atoms with van der Waals surface area (Å²) in [7, 11) is 0. The number of aliphatic carboxylic acids is 1. The topological polar surface area (TPSA) is 67.8 Å². The van der Waals surface area contributed by atoms with Gasteiger partial charge in [-0.2, -0.15) is 0 Å². The normalized spacial score (nSPS) is 24.2. The molecule has 1 saturated heterocycles. The second-order valence-corrected chi connectivity index (χ2v) is 4.32. The lowest BCUT2D eigenvalue weighted by Gasteiger charge is -2.26. The highest BCUT2D eigenvalue weighted by Gasteiger charge is 2.32. The molecule has 0 aliphatic carbocycles. The van der Waals surface area contributed by atoms with Crippen molar-refractivity contribution in [3.05, 3.63) is 0 Å². The molecule has 0 aromatic carbocycles. The van der Waals surface area contributed by atoms with E-state index in [1.807, 2.05) is 6.92 Å². The summed E-state index contributed by atoms with van der Waals surface area (Å²) in [6, 6.07) is 0. The standard InChI is InChI=1S/C11H21NO4/c1-3-12-11(2,10(13)14)8-15-7-9-5-4-6-16-9/h9,12H,3-8H2,1-2H3,(H,13,14). The number of likely N-dealkylation sites (N-methyl/N-ethyl adjacent to an activating group) is 1. The minimum absolute atomic E-state index is 0.139. The Kier molecular flexibility index (Phi) is 5.18. The monoisotopic (exact) mass is 231 g/mol. The Balaban J connectivity index is 2.29. The second-order valence-electron chi connectivity index (χ2n) is 4.32. The maximum Gasteiger partial charge on any atom is 0.326 e. The van der Waals surface area contributed by atoms with E-state index < -0.39 is 11.5 Å². The summed E-state index contributed by atoms with van der Waals surface area (Å²) in [6.07, 6.45) is 2.21. The van der Waals surface area contributed by atoms with Gasteiger partial charge in [0.25, 0.3) is 0 Å². The molecule has 1 aliphatic heterocycles. The molecule has 94 valence electrons. The fourth-order valence-electron chi connectivity index (χ4n) is 1.75. The number of hydrogen-bond donors (Lipinski definition) is 2. The van der Waals surface area contributed by atoms with Crippen LogP contribution in [-0.4, -0.2) is 49.1 Å². The van der Waals surface area contributed by atoms with Crippen molar-refractivity contribution in [1.29, 1.82) is 0 Å². The molecule has 0 radical (unpaired) electrons. The molecule has 1 heterocycles. The van der Waals surface area contributed by atoms with Gasteiger partial charge in [-0.15, -0.1) is 0 Å². The molecule has 5 heteroatoms. The van der Waals surface area contributed by atoms with Gasteiger partial charge >= 0.3 is 5.97 Å². The van der Waals surface area contributed by atoms with Crippen molar-refractivity contribution in [3.63, 3.8) is 0 Å². The molecule has 2 N–H and O–H groups in total. The fourth-order valence-corrected chi connectivity index (χ4v) is 1.75. The maximum atomic E-state index is 11.1. The average Bonchev–Trinajstić information content (AvgIpc) is 2.70. The van der Waals surface area contributed by atoms with Crippen LogP contribution >= 0.6 is 0 Å². The summed E-state index contributed by atoms with van der Waals surface area (Å²) >= 11 is 0. The van der Waals surface area contributed by atoms with Crippen LogP contribution in [0.25, 0.3) is 0 Å². The Bertz CT molecular complexity index is 228. The van der Waals surface area contributed by atoms with Crippen molar-refractivity contribution < 1.29 is 19.4 Å². The lowest BCUT2D eigenvalue weighted by atomic mass is 10.0. The molecule has 0 amide bonds. The minimum atomic E-state index is -1.01. The summed E-state index contributed by atoms with van der Waals surface area (Å²) in [5.41, 5.74) is -1.01. The highest BCUT2D eigenvalue weighted by molar-refractivity contribution is 5.78. The summed E-state index contributed by atoms with van der Waals surface area (Å²) in [5.74, 6) is -0.887. The SMILES string of the molecule is CCNC(C)(COCC1CCCO1)C(=O)O. The zero-order valence-electron chi connectivity index (χ0n) is 9.99. The Morgan fingerprint density at radius 2 is 2.44 bits per heavy atom. The molecule has 1 fully saturated rings. The first kappa shape index (κ1) is 13.4. The van der Waals surface area contributed by atoms with E-state index in [0.717, 1.165) is 19.4 Å². The van der Waals surface area contributed by atoms with E-state index in [2.05, 4.69) is 5.32 Å². The van der Waals surface area contributed by atoms with Gasteiger partial charge in [0.1, 0.15) is 5.54 Å². The molecule has 0 bridgehead atoms. The largest absolute Gasteiger partial charge is 0.480 e. The van der Waals surface area contributed by atoms with Gasteiger partial charge in [0.15, 0.2) is 0 Å². The lowest BCUT2D eigenvalue weighted by Crippen LogP contribution is -2.53. The molecule has 0 aromatic heterocycles. The van der Waals surface area contributed by atoms with Crippen LogP contribution < -0.4 is 5.32 Å². The van der Waals surface area contributed by atoms with E-state index in [9.17, 15) is 4.79 Å². The quantitative estimate of drug-likeness (QED) is 0.673. The van der Waals surface area contributed by atoms with Crippen LogP contribution in [0.15, 0.2) is 0 Å². The van der Waals surface area contributed by atoms with E-state index in [1.165, 1.54) is 0 Å². The first-order chi connectivity index (χ1) is 7.58. The van der Waals surface area contributed by atoms with Crippen LogP contribution in [0.3, 0.4) is 0 Å². The average molecular weight is 231 g/mol. The summed E-state index contributed by atoms with van der Waals surface area (Å²) in [6.45, 7) is 5.55. The molecular formula is C11H21NO4. The smallest absolute Gasteiger partial charge is 0.326 e. The van der Waals surface area contributed by atoms with E-state index >= 15 is 0 Å². The van der Waals surface area contributed by atoms with Crippen molar-refractivity contribution in [2.24, 2.45) is 0 Å². The molecule has 1 aliphatic rings. The highest BCUT2D eigenvalue weighted by Crippen LogP contribution is 2.13. The van der Waals surface area contributed by atoms with Crippen LogP contribution in [0, 0.1) is 0 Å². The van der Waals surface area contributed by atoms with Crippen molar-refractivity contribution in [2.75, 3.05) is 26.4 Å². The van der Waals surface area contributed by atoms with Crippen LogP contribution in [0.1, 0.15) is 26.7 Å². The third kappa shape index (κ3) is 3.73. The van der Waals surface area contributed by atoms with Gasteiger partial charge in [-0.3, -0.25) is 4.79 Å². The van der Waals surface area contributed by atoms with Crippen LogP contribution in [0.2, 0.25) is 0 Å².